The minimum Gasteiger partial charge on any atom is -0.378 e. The number of hydrogen-bond donors (Lipinski definition) is 1. The SMILES string of the molecule is Cc1cc(NCCc2ccccc2F)nc(N2CCOCC2)n1. The van der Waals surface area contributed by atoms with Crippen LogP contribution in [0.3, 0.4) is 0 Å². The van der Waals surface area contributed by atoms with Crippen LogP contribution < -0.4 is 10.2 Å². The molecule has 1 aromatic heterocycles. The Hall–Kier alpha value is -2.21. The van der Waals surface area contributed by atoms with Crippen LogP contribution in [0.2, 0.25) is 0 Å². The molecule has 0 radical (unpaired) electrons. The summed E-state index contributed by atoms with van der Waals surface area (Å²) in [5.74, 6) is 1.33. The maximum Gasteiger partial charge on any atom is 0.227 e. The normalized spacial score (nSPS) is 14.8. The summed E-state index contributed by atoms with van der Waals surface area (Å²) in [5.41, 5.74) is 1.62. The smallest absolute Gasteiger partial charge is 0.227 e. The lowest BCUT2D eigenvalue weighted by Gasteiger charge is -2.27. The van der Waals surface area contributed by atoms with Crippen molar-refractivity contribution in [3.8, 4) is 0 Å². The molecule has 0 saturated carbocycles. The second kappa shape index (κ2) is 7.37. The molecule has 0 bridgehead atoms. The maximum atomic E-state index is 13.6. The number of aryl methyl sites for hydroxylation is 1. The van der Waals surface area contributed by atoms with Gasteiger partial charge >= 0.3 is 0 Å². The van der Waals surface area contributed by atoms with Gasteiger partial charge in [-0.15, -0.1) is 0 Å². The number of ether oxygens (including phenoxy) is 1. The minimum absolute atomic E-state index is 0.165. The standard InChI is InChI=1S/C17H21FN4O/c1-13-12-16(19-7-6-14-4-2-3-5-15(14)18)21-17(20-13)22-8-10-23-11-9-22/h2-5,12H,6-11H2,1H3,(H,19,20,21). The first kappa shape index (κ1) is 15.7. The van der Waals surface area contributed by atoms with Crippen molar-refractivity contribution >= 4 is 11.8 Å². The zero-order valence-electron chi connectivity index (χ0n) is 13.3. The average molecular weight is 316 g/mol. The van der Waals surface area contributed by atoms with Gasteiger partial charge in [-0.1, -0.05) is 18.2 Å². The van der Waals surface area contributed by atoms with Crippen molar-refractivity contribution in [1.82, 2.24) is 9.97 Å². The van der Waals surface area contributed by atoms with E-state index in [2.05, 4.69) is 20.2 Å². The van der Waals surface area contributed by atoms with Crippen molar-refractivity contribution in [1.29, 1.82) is 0 Å². The van der Waals surface area contributed by atoms with E-state index in [1.165, 1.54) is 6.07 Å². The van der Waals surface area contributed by atoms with E-state index in [9.17, 15) is 4.39 Å². The summed E-state index contributed by atoms with van der Waals surface area (Å²) in [6.45, 7) is 5.59. The van der Waals surface area contributed by atoms with Gasteiger partial charge in [0, 0.05) is 31.4 Å². The molecular weight excluding hydrogens is 295 g/mol. The van der Waals surface area contributed by atoms with Gasteiger partial charge in [-0.05, 0) is 25.0 Å². The fourth-order valence-electron chi connectivity index (χ4n) is 2.57. The van der Waals surface area contributed by atoms with Gasteiger partial charge in [0.1, 0.15) is 11.6 Å². The van der Waals surface area contributed by atoms with E-state index in [0.717, 1.165) is 30.5 Å². The lowest BCUT2D eigenvalue weighted by molar-refractivity contribution is 0.122. The average Bonchev–Trinajstić information content (AvgIpc) is 2.57. The number of nitrogens with one attached hydrogen (secondary N) is 1. The van der Waals surface area contributed by atoms with Crippen LogP contribution in [0.5, 0.6) is 0 Å². The number of benzene rings is 1. The molecule has 0 aliphatic carbocycles. The number of morpholine rings is 1. The molecular formula is C17H21FN4O. The van der Waals surface area contributed by atoms with Crippen LogP contribution in [0.1, 0.15) is 11.3 Å². The number of halogens is 1. The van der Waals surface area contributed by atoms with Crippen molar-refractivity contribution < 1.29 is 9.13 Å². The van der Waals surface area contributed by atoms with Crippen LogP contribution in [0.15, 0.2) is 30.3 Å². The molecule has 23 heavy (non-hydrogen) atoms. The van der Waals surface area contributed by atoms with Crippen LogP contribution in [-0.4, -0.2) is 42.8 Å². The molecule has 3 rings (SSSR count). The van der Waals surface area contributed by atoms with Crippen LogP contribution in [0.4, 0.5) is 16.2 Å². The van der Waals surface area contributed by atoms with Crippen molar-refractivity contribution in [2.45, 2.75) is 13.3 Å². The summed E-state index contributed by atoms with van der Waals surface area (Å²) in [6, 6.07) is 8.76. The van der Waals surface area contributed by atoms with E-state index < -0.39 is 0 Å². The van der Waals surface area contributed by atoms with Crippen LogP contribution in [-0.2, 0) is 11.2 Å². The van der Waals surface area contributed by atoms with E-state index in [4.69, 9.17) is 4.74 Å². The highest BCUT2D eigenvalue weighted by Crippen LogP contribution is 2.15. The monoisotopic (exact) mass is 316 g/mol. The van der Waals surface area contributed by atoms with Gasteiger partial charge < -0.3 is 15.0 Å². The number of aromatic nitrogens is 2. The van der Waals surface area contributed by atoms with E-state index in [1.807, 2.05) is 19.1 Å². The summed E-state index contributed by atoms with van der Waals surface area (Å²) < 4.78 is 19.0. The second-order valence-corrected chi connectivity index (χ2v) is 5.56. The quantitative estimate of drug-likeness (QED) is 0.918. The van der Waals surface area contributed by atoms with Crippen molar-refractivity contribution in [2.75, 3.05) is 43.1 Å². The fourth-order valence-corrected chi connectivity index (χ4v) is 2.57. The third-order valence-corrected chi connectivity index (χ3v) is 3.79. The van der Waals surface area contributed by atoms with Gasteiger partial charge in [-0.25, -0.2) is 9.37 Å². The molecule has 1 aliphatic rings. The van der Waals surface area contributed by atoms with Crippen molar-refractivity contribution in [2.24, 2.45) is 0 Å². The number of anilines is 2. The van der Waals surface area contributed by atoms with Gasteiger partial charge in [-0.2, -0.15) is 4.98 Å². The Morgan fingerprint density at radius 2 is 2.00 bits per heavy atom. The fraction of sp³-hybridized carbons (Fsp3) is 0.412. The lowest BCUT2D eigenvalue weighted by Crippen LogP contribution is -2.37. The first-order chi connectivity index (χ1) is 11.2. The molecule has 0 atom stereocenters. The van der Waals surface area contributed by atoms with E-state index in [0.29, 0.717) is 31.7 Å². The Bertz CT molecular complexity index is 659. The van der Waals surface area contributed by atoms with Crippen molar-refractivity contribution in [3.05, 3.63) is 47.4 Å². The number of nitrogens with zero attached hydrogens (tertiary/aromatic N) is 3. The highest BCUT2D eigenvalue weighted by molar-refractivity contribution is 5.44. The molecule has 0 spiro atoms. The second-order valence-electron chi connectivity index (χ2n) is 5.56. The largest absolute Gasteiger partial charge is 0.378 e. The molecule has 2 heterocycles. The Balaban J connectivity index is 1.63. The predicted molar refractivity (Wildman–Crippen MR) is 88.4 cm³/mol. The molecule has 1 fully saturated rings. The Morgan fingerprint density at radius 3 is 2.78 bits per heavy atom. The van der Waals surface area contributed by atoms with Gasteiger partial charge in [0.25, 0.3) is 0 Å². The zero-order chi connectivity index (χ0) is 16.1. The van der Waals surface area contributed by atoms with Gasteiger partial charge in [0.05, 0.1) is 13.2 Å². The summed E-state index contributed by atoms with van der Waals surface area (Å²) in [4.78, 5) is 11.2. The number of hydrogen-bond acceptors (Lipinski definition) is 5. The summed E-state index contributed by atoms with van der Waals surface area (Å²) in [6.07, 6.45) is 0.614. The molecule has 1 aliphatic heterocycles. The van der Waals surface area contributed by atoms with Gasteiger partial charge in [-0.3, -0.25) is 0 Å². The molecule has 1 saturated heterocycles. The lowest BCUT2D eigenvalue weighted by atomic mass is 10.1. The van der Waals surface area contributed by atoms with Gasteiger partial charge in [0.2, 0.25) is 5.95 Å². The van der Waals surface area contributed by atoms with Crippen LogP contribution in [0.25, 0.3) is 0 Å². The first-order valence-corrected chi connectivity index (χ1v) is 7.88. The first-order valence-electron chi connectivity index (χ1n) is 7.88. The predicted octanol–water partition coefficient (Wildman–Crippen LogP) is 2.42. The van der Waals surface area contributed by atoms with Crippen molar-refractivity contribution in [3.63, 3.8) is 0 Å². The molecule has 6 heteroatoms. The van der Waals surface area contributed by atoms with E-state index in [1.54, 1.807) is 12.1 Å². The maximum absolute atomic E-state index is 13.6. The molecule has 122 valence electrons. The summed E-state index contributed by atoms with van der Waals surface area (Å²) >= 11 is 0. The zero-order valence-corrected chi connectivity index (χ0v) is 13.3. The highest BCUT2D eigenvalue weighted by atomic mass is 19.1. The van der Waals surface area contributed by atoms with Gasteiger partial charge in [0.15, 0.2) is 0 Å². The Kier molecular flexibility index (Phi) is 5.02. The number of rotatable bonds is 5. The Morgan fingerprint density at radius 1 is 1.22 bits per heavy atom. The van der Waals surface area contributed by atoms with E-state index in [-0.39, 0.29) is 5.82 Å². The third kappa shape index (κ3) is 4.16. The molecule has 1 aromatic carbocycles. The molecule has 0 unspecified atom stereocenters. The molecule has 5 nitrogen and oxygen atoms in total. The van der Waals surface area contributed by atoms with Crippen LogP contribution >= 0.6 is 0 Å². The van der Waals surface area contributed by atoms with E-state index >= 15 is 0 Å². The topological polar surface area (TPSA) is 50.3 Å². The highest BCUT2D eigenvalue weighted by Gasteiger charge is 2.14. The van der Waals surface area contributed by atoms with Crippen LogP contribution in [0, 0.1) is 12.7 Å². The molecule has 2 aromatic rings. The minimum atomic E-state index is -0.165. The summed E-state index contributed by atoms with van der Waals surface area (Å²) in [7, 11) is 0. The molecule has 1 N–H and O–H groups in total. The molecule has 0 amide bonds. The third-order valence-electron chi connectivity index (χ3n) is 3.79. The Labute approximate surface area is 135 Å². The summed E-state index contributed by atoms with van der Waals surface area (Å²) in [5, 5.41) is 3.26.